The van der Waals surface area contributed by atoms with Crippen molar-refractivity contribution in [2.45, 2.75) is 13.0 Å². The molecule has 0 saturated carbocycles. The molecule has 3 aromatic rings. The Hall–Kier alpha value is -3.54. The molecule has 1 aliphatic heterocycles. The van der Waals surface area contributed by atoms with Crippen molar-refractivity contribution in [3.8, 4) is 17.2 Å². The lowest BCUT2D eigenvalue weighted by molar-refractivity contribution is -0.127. The standard InChI is InChI=1S/C21H18N2O4/c1-14(27-18-8-7-16-4-2-3-5-17(16)11-18)21(24)23-22-12-15-6-9-19-20(10-15)26-13-25-19/h2-12,14H,13H2,1H3,(H,23,24). The first-order chi connectivity index (χ1) is 13.2. The fourth-order valence-corrected chi connectivity index (χ4v) is 2.75. The van der Waals surface area contributed by atoms with Gasteiger partial charge in [-0.15, -0.1) is 0 Å². The highest BCUT2D eigenvalue weighted by Crippen LogP contribution is 2.31. The number of hydrazone groups is 1. The van der Waals surface area contributed by atoms with Crippen molar-refractivity contribution in [3.05, 3.63) is 66.2 Å². The fraction of sp³-hybridized carbons (Fsp3) is 0.143. The molecule has 1 atom stereocenters. The highest BCUT2D eigenvalue weighted by Gasteiger charge is 2.15. The SMILES string of the molecule is CC(Oc1ccc2ccccc2c1)C(=O)NN=Cc1ccc2c(c1)OCO2. The van der Waals surface area contributed by atoms with Crippen LogP contribution in [0.5, 0.6) is 17.2 Å². The Bertz CT molecular complexity index is 1020. The number of fused-ring (bicyclic) bond motifs is 2. The first kappa shape index (κ1) is 16.9. The van der Waals surface area contributed by atoms with Crippen molar-refractivity contribution in [2.24, 2.45) is 5.10 Å². The zero-order chi connectivity index (χ0) is 18.6. The van der Waals surface area contributed by atoms with E-state index in [4.69, 9.17) is 14.2 Å². The molecule has 1 amide bonds. The Morgan fingerprint density at radius 2 is 1.89 bits per heavy atom. The van der Waals surface area contributed by atoms with Crippen LogP contribution in [0.3, 0.4) is 0 Å². The van der Waals surface area contributed by atoms with Crippen LogP contribution in [0.15, 0.2) is 65.8 Å². The van der Waals surface area contributed by atoms with Crippen LogP contribution in [-0.2, 0) is 4.79 Å². The number of carbonyl (C=O) groups excluding carboxylic acids is 1. The summed E-state index contributed by atoms with van der Waals surface area (Å²) in [6.07, 6.45) is 0.864. The summed E-state index contributed by atoms with van der Waals surface area (Å²) in [6.45, 7) is 1.90. The van der Waals surface area contributed by atoms with E-state index >= 15 is 0 Å². The predicted octanol–water partition coefficient (Wildman–Crippen LogP) is 3.49. The van der Waals surface area contributed by atoms with E-state index in [2.05, 4.69) is 10.5 Å². The van der Waals surface area contributed by atoms with Crippen LogP contribution in [0.4, 0.5) is 0 Å². The molecule has 0 fully saturated rings. The third kappa shape index (κ3) is 3.84. The molecular weight excluding hydrogens is 344 g/mol. The second kappa shape index (κ2) is 7.37. The Morgan fingerprint density at radius 3 is 2.78 bits per heavy atom. The van der Waals surface area contributed by atoms with Gasteiger partial charge in [0.1, 0.15) is 5.75 Å². The van der Waals surface area contributed by atoms with Crippen LogP contribution >= 0.6 is 0 Å². The van der Waals surface area contributed by atoms with E-state index in [1.807, 2.05) is 48.5 Å². The number of benzene rings is 3. The van der Waals surface area contributed by atoms with E-state index in [1.165, 1.54) is 0 Å². The Morgan fingerprint density at radius 1 is 1.07 bits per heavy atom. The van der Waals surface area contributed by atoms with Gasteiger partial charge in [-0.25, -0.2) is 5.43 Å². The van der Waals surface area contributed by atoms with Crippen LogP contribution in [0, 0.1) is 0 Å². The van der Waals surface area contributed by atoms with Gasteiger partial charge in [0, 0.05) is 0 Å². The molecule has 1 aliphatic rings. The summed E-state index contributed by atoms with van der Waals surface area (Å²) in [4.78, 5) is 12.2. The third-order valence-electron chi connectivity index (χ3n) is 4.19. The molecule has 6 heteroatoms. The fourth-order valence-electron chi connectivity index (χ4n) is 2.75. The molecule has 136 valence electrons. The first-order valence-corrected chi connectivity index (χ1v) is 8.57. The number of rotatable bonds is 5. The minimum atomic E-state index is -0.680. The van der Waals surface area contributed by atoms with Crippen LogP contribution in [0.25, 0.3) is 10.8 Å². The largest absolute Gasteiger partial charge is 0.481 e. The molecule has 0 aromatic heterocycles. The summed E-state index contributed by atoms with van der Waals surface area (Å²) < 4.78 is 16.3. The molecule has 0 radical (unpaired) electrons. The second-order valence-corrected chi connectivity index (χ2v) is 6.12. The number of ether oxygens (including phenoxy) is 3. The van der Waals surface area contributed by atoms with E-state index in [1.54, 1.807) is 25.3 Å². The molecule has 1 N–H and O–H groups in total. The topological polar surface area (TPSA) is 69.2 Å². The van der Waals surface area contributed by atoms with Crippen molar-refractivity contribution >= 4 is 22.9 Å². The summed E-state index contributed by atoms with van der Waals surface area (Å²) in [6, 6.07) is 19.1. The molecule has 4 rings (SSSR count). The number of hydrogen-bond acceptors (Lipinski definition) is 5. The number of nitrogens with zero attached hydrogens (tertiary/aromatic N) is 1. The highest BCUT2D eigenvalue weighted by molar-refractivity contribution is 5.86. The number of nitrogens with one attached hydrogen (secondary N) is 1. The first-order valence-electron chi connectivity index (χ1n) is 8.57. The van der Waals surface area contributed by atoms with Gasteiger partial charge in [-0.1, -0.05) is 30.3 Å². The van der Waals surface area contributed by atoms with E-state index < -0.39 is 6.10 Å². The lowest BCUT2D eigenvalue weighted by atomic mass is 10.1. The Kier molecular flexibility index (Phi) is 4.61. The van der Waals surface area contributed by atoms with E-state index in [0.717, 1.165) is 16.3 Å². The zero-order valence-electron chi connectivity index (χ0n) is 14.7. The molecule has 0 saturated heterocycles. The summed E-state index contributed by atoms with van der Waals surface area (Å²) in [7, 11) is 0. The Labute approximate surface area is 156 Å². The maximum atomic E-state index is 12.2. The molecule has 0 spiro atoms. The summed E-state index contributed by atoms with van der Waals surface area (Å²) in [5, 5.41) is 6.16. The average molecular weight is 362 g/mol. The van der Waals surface area contributed by atoms with Gasteiger partial charge in [-0.05, 0) is 53.6 Å². The Balaban J connectivity index is 1.35. The lowest BCUT2D eigenvalue weighted by Gasteiger charge is -2.13. The summed E-state index contributed by atoms with van der Waals surface area (Å²) in [5.41, 5.74) is 3.28. The lowest BCUT2D eigenvalue weighted by Crippen LogP contribution is -2.33. The third-order valence-corrected chi connectivity index (χ3v) is 4.19. The van der Waals surface area contributed by atoms with Crippen LogP contribution in [0.2, 0.25) is 0 Å². The highest BCUT2D eigenvalue weighted by atomic mass is 16.7. The van der Waals surface area contributed by atoms with Crippen LogP contribution in [-0.4, -0.2) is 25.0 Å². The molecule has 1 unspecified atom stereocenters. The molecule has 0 aliphatic carbocycles. The molecule has 6 nitrogen and oxygen atoms in total. The van der Waals surface area contributed by atoms with Gasteiger partial charge in [0.2, 0.25) is 6.79 Å². The van der Waals surface area contributed by atoms with Crippen LogP contribution < -0.4 is 19.6 Å². The predicted molar refractivity (Wildman–Crippen MR) is 102 cm³/mol. The van der Waals surface area contributed by atoms with Crippen LogP contribution in [0.1, 0.15) is 12.5 Å². The summed E-state index contributed by atoms with van der Waals surface area (Å²) >= 11 is 0. The monoisotopic (exact) mass is 362 g/mol. The van der Waals surface area contributed by atoms with Gasteiger partial charge in [-0.2, -0.15) is 5.10 Å². The maximum Gasteiger partial charge on any atom is 0.280 e. The van der Waals surface area contributed by atoms with Gasteiger partial charge in [0.25, 0.3) is 5.91 Å². The van der Waals surface area contributed by atoms with Gasteiger partial charge in [-0.3, -0.25) is 4.79 Å². The molecule has 0 bridgehead atoms. The van der Waals surface area contributed by atoms with E-state index in [9.17, 15) is 4.79 Å². The molecular formula is C21H18N2O4. The smallest absolute Gasteiger partial charge is 0.280 e. The van der Waals surface area contributed by atoms with E-state index in [0.29, 0.717) is 17.2 Å². The second-order valence-electron chi connectivity index (χ2n) is 6.12. The minimum Gasteiger partial charge on any atom is -0.481 e. The minimum absolute atomic E-state index is 0.219. The normalized spacial score (nSPS) is 13.7. The maximum absolute atomic E-state index is 12.2. The van der Waals surface area contributed by atoms with Gasteiger partial charge >= 0.3 is 0 Å². The van der Waals surface area contributed by atoms with Gasteiger partial charge in [0.15, 0.2) is 17.6 Å². The quantitative estimate of drug-likeness (QED) is 0.557. The number of amides is 1. The molecule has 27 heavy (non-hydrogen) atoms. The molecule has 3 aromatic carbocycles. The van der Waals surface area contributed by atoms with Crippen molar-refractivity contribution in [1.82, 2.24) is 5.43 Å². The zero-order valence-corrected chi connectivity index (χ0v) is 14.7. The van der Waals surface area contributed by atoms with Crippen molar-refractivity contribution in [2.75, 3.05) is 6.79 Å². The van der Waals surface area contributed by atoms with E-state index in [-0.39, 0.29) is 12.7 Å². The number of carbonyl (C=O) groups is 1. The van der Waals surface area contributed by atoms with Gasteiger partial charge in [0.05, 0.1) is 6.21 Å². The van der Waals surface area contributed by atoms with Crippen molar-refractivity contribution in [1.29, 1.82) is 0 Å². The molecule has 1 heterocycles. The van der Waals surface area contributed by atoms with Gasteiger partial charge < -0.3 is 14.2 Å². The number of hydrogen-bond donors (Lipinski definition) is 1. The van der Waals surface area contributed by atoms with Crippen molar-refractivity contribution < 1.29 is 19.0 Å². The van der Waals surface area contributed by atoms with Crippen molar-refractivity contribution in [3.63, 3.8) is 0 Å². The summed E-state index contributed by atoms with van der Waals surface area (Å²) in [5.74, 6) is 1.67. The average Bonchev–Trinajstić information content (AvgIpc) is 3.15.